The van der Waals surface area contributed by atoms with Gasteiger partial charge in [0.05, 0.1) is 12.3 Å². The van der Waals surface area contributed by atoms with E-state index in [1.807, 2.05) is 16.7 Å². The molecule has 3 aromatic rings. The minimum absolute atomic E-state index is 0.623. The molecule has 4 heteroatoms. The molecule has 0 fully saturated rings. The molecular weight excluding hydrogens is 296 g/mol. The van der Waals surface area contributed by atoms with E-state index < -0.39 is 0 Å². The Morgan fingerprint density at radius 3 is 2.82 bits per heavy atom. The summed E-state index contributed by atoms with van der Waals surface area (Å²) in [6, 6.07) is 10.3. The minimum atomic E-state index is 0.623. The summed E-state index contributed by atoms with van der Waals surface area (Å²) < 4.78 is 7.73. The van der Waals surface area contributed by atoms with E-state index in [-0.39, 0.29) is 0 Å². The van der Waals surface area contributed by atoms with Crippen molar-refractivity contribution in [3.05, 3.63) is 53.9 Å². The fraction of sp³-hybridized carbons (Fsp3) is 0.278. The van der Waals surface area contributed by atoms with Gasteiger partial charge in [-0.25, -0.2) is 4.98 Å². The van der Waals surface area contributed by atoms with Crippen molar-refractivity contribution in [2.45, 2.75) is 20.3 Å². The van der Waals surface area contributed by atoms with Gasteiger partial charge >= 0.3 is 0 Å². The lowest BCUT2D eigenvalue weighted by molar-refractivity contribution is 0.318. The van der Waals surface area contributed by atoms with Crippen LogP contribution in [-0.4, -0.2) is 21.9 Å². The van der Waals surface area contributed by atoms with E-state index in [9.17, 15) is 0 Å². The molecule has 2 heterocycles. The van der Waals surface area contributed by atoms with Gasteiger partial charge in [0, 0.05) is 23.8 Å². The van der Waals surface area contributed by atoms with Gasteiger partial charge in [0.25, 0.3) is 0 Å². The molecular formula is C18H19ClN2O. The predicted octanol–water partition coefficient (Wildman–Crippen LogP) is 4.63. The van der Waals surface area contributed by atoms with E-state index in [4.69, 9.17) is 21.3 Å². The Balaban J connectivity index is 1.89. The van der Waals surface area contributed by atoms with Gasteiger partial charge in [-0.05, 0) is 61.7 Å². The number of ether oxygens (including phenoxy) is 1. The molecule has 2 aromatic heterocycles. The molecule has 0 aliphatic rings. The average Bonchev–Trinajstić information content (AvgIpc) is 2.90. The average molecular weight is 315 g/mol. The largest absolute Gasteiger partial charge is 0.494 e. The highest BCUT2D eigenvalue weighted by molar-refractivity contribution is 6.17. The van der Waals surface area contributed by atoms with Gasteiger partial charge in [0.15, 0.2) is 0 Å². The lowest BCUT2D eigenvalue weighted by Crippen LogP contribution is -1.98. The van der Waals surface area contributed by atoms with Crippen molar-refractivity contribution in [1.82, 2.24) is 9.38 Å². The summed E-state index contributed by atoms with van der Waals surface area (Å²) in [5.74, 6) is 1.50. The molecule has 0 atom stereocenters. The third-order valence-corrected chi connectivity index (χ3v) is 3.90. The fourth-order valence-electron chi connectivity index (χ4n) is 2.47. The van der Waals surface area contributed by atoms with Crippen molar-refractivity contribution in [3.8, 4) is 17.0 Å². The van der Waals surface area contributed by atoms with Crippen molar-refractivity contribution in [3.63, 3.8) is 0 Å². The van der Waals surface area contributed by atoms with Crippen LogP contribution in [0.25, 0.3) is 16.9 Å². The summed E-state index contributed by atoms with van der Waals surface area (Å²) in [4.78, 5) is 4.71. The van der Waals surface area contributed by atoms with Crippen LogP contribution >= 0.6 is 11.6 Å². The number of benzene rings is 1. The molecule has 0 N–H and O–H groups in total. The number of imidazole rings is 1. The van der Waals surface area contributed by atoms with Gasteiger partial charge in [-0.15, -0.1) is 11.6 Å². The molecule has 0 spiro atoms. The Bertz CT molecular complexity index is 795. The van der Waals surface area contributed by atoms with Crippen molar-refractivity contribution in [2.75, 3.05) is 12.5 Å². The van der Waals surface area contributed by atoms with Crippen LogP contribution in [0.15, 0.2) is 42.7 Å². The maximum absolute atomic E-state index is 5.68. The number of hydrogen-bond acceptors (Lipinski definition) is 2. The van der Waals surface area contributed by atoms with Crippen molar-refractivity contribution >= 4 is 17.2 Å². The zero-order valence-corrected chi connectivity index (χ0v) is 13.6. The first kappa shape index (κ1) is 14.9. The Morgan fingerprint density at radius 2 is 2.05 bits per heavy atom. The Labute approximate surface area is 135 Å². The first-order valence-electron chi connectivity index (χ1n) is 7.42. The number of fused-ring (bicyclic) bond motifs is 1. The van der Waals surface area contributed by atoms with Crippen LogP contribution in [0, 0.1) is 13.8 Å². The third-order valence-electron chi connectivity index (χ3n) is 3.64. The van der Waals surface area contributed by atoms with E-state index in [1.54, 1.807) is 0 Å². The highest BCUT2D eigenvalue weighted by Gasteiger charge is 2.08. The Hall–Kier alpha value is -2.00. The van der Waals surface area contributed by atoms with E-state index >= 15 is 0 Å². The molecule has 0 aliphatic carbocycles. The topological polar surface area (TPSA) is 26.5 Å². The molecule has 0 saturated carbocycles. The summed E-state index contributed by atoms with van der Waals surface area (Å²) in [6.07, 6.45) is 4.96. The quantitative estimate of drug-likeness (QED) is 0.507. The van der Waals surface area contributed by atoms with Gasteiger partial charge in [-0.1, -0.05) is 0 Å². The number of nitrogens with zero attached hydrogens (tertiary/aromatic N) is 2. The molecule has 0 bridgehead atoms. The Kier molecular flexibility index (Phi) is 4.34. The number of aryl methyl sites for hydroxylation is 2. The van der Waals surface area contributed by atoms with Gasteiger partial charge in [-0.2, -0.15) is 0 Å². The Morgan fingerprint density at radius 1 is 1.18 bits per heavy atom. The second-order valence-corrected chi connectivity index (χ2v) is 5.84. The van der Waals surface area contributed by atoms with Crippen molar-refractivity contribution in [2.24, 2.45) is 0 Å². The molecule has 3 nitrogen and oxygen atoms in total. The summed E-state index contributed by atoms with van der Waals surface area (Å²) in [5, 5.41) is 0. The molecule has 0 radical (unpaired) electrons. The highest BCUT2D eigenvalue weighted by atomic mass is 35.5. The van der Waals surface area contributed by atoms with Crippen LogP contribution in [0.3, 0.4) is 0 Å². The number of halogens is 1. The highest BCUT2D eigenvalue weighted by Crippen LogP contribution is 2.26. The van der Waals surface area contributed by atoms with Gasteiger partial charge in [0.2, 0.25) is 0 Å². The predicted molar refractivity (Wildman–Crippen MR) is 90.9 cm³/mol. The van der Waals surface area contributed by atoms with Gasteiger partial charge in [-0.3, -0.25) is 0 Å². The normalized spacial score (nSPS) is 11.0. The molecule has 0 saturated heterocycles. The van der Waals surface area contributed by atoms with E-state index in [0.29, 0.717) is 12.5 Å². The molecule has 0 amide bonds. The molecule has 0 aliphatic heterocycles. The first-order chi connectivity index (χ1) is 10.7. The smallest absolute Gasteiger partial charge is 0.137 e. The van der Waals surface area contributed by atoms with E-state index in [1.165, 1.54) is 5.56 Å². The zero-order valence-electron chi connectivity index (χ0n) is 12.8. The van der Waals surface area contributed by atoms with Crippen LogP contribution in [0.2, 0.25) is 0 Å². The summed E-state index contributed by atoms with van der Waals surface area (Å²) in [7, 11) is 0. The summed E-state index contributed by atoms with van der Waals surface area (Å²) in [6.45, 7) is 4.81. The SMILES string of the molecule is Cc1ccn2cc(-c3ccc(OCCCCl)cc3C)nc2c1. The number of alkyl halides is 1. The van der Waals surface area contributed by atoms with E-state index in [0.717, 1.165) is 34.6 Å². The minimum Gasteiger partial charge on any atom is -0.494 e. The lowest BCUT2D eigenvalue weighted by Gasteiger charge is -2.08. The molecule has 1 aromatic carbocycles. The number of aromatic nitrogens is 2. The van der Waals surface area contributed by atoms with Gasteiger partial charge < -0.3 is 9.14 Å². The van der Waals surface area contributed by atoms with Crippen LogP contribution < -0.4 is 4.74 Å². The van der Waals surface area contributed by atoms with E-state index in [2.05, 4.69) is 44.3 Å². The zero-order chi connectivity index (χ0) is 15.5. The maximum Gasteiger partial charge on any atom is 0.137 e. The summed E-state index contributed by atoms with van der Waals surface area (Å²) >= 11 is 5.66. The van der Waals surface area contributed by atoms with Crippen molar-refractivity contribution in [1.29, 1.82) is 0 Å². The molecule has 22 heavy (non-hydrogen) atoms. The fourth-order valence-corrected chi connectivity index (χ4v) is 2.58. The number of hydrogen-bond donors (Lipinski definition) is 0. The van der Waals surface area contributed by atoms with Crippen LogP contribution in [-0.2, 0) is 0 Å². The monoisotopic (exact) mass is 314 g/mol. The third kappa shape index (κ3) is 3.09. The second kappa shape index (κ2) is 6.41. The maximum atomic E-state index is 5.68. The van der Waals surface area contributed by atoms with Crippen LogP contribution in [0.4, 0.5) is 0 Å². The lowest BCUT2D eigenvalue weighted by atomic mass is 10.1. The van der Waals surface area contributed by atoms with Gasteiger partial charge in [0.1, 0.15) is 11.4 Å². The standard InChI is InChI=1S/C18H19ClN2O/c1-13-6-8-21-12-17(20-18(21)10-13)16-5-4-15(11-14(16)2)22-9-3-7-19/h4-6,8,10-12H,3,7,9H2,1-2H3. The molecule has 3 rings (SSSR count). The first-order valence-corrected chi connectivity index (χ1v) is 7.96. The number of pyridine rings is 1. The summed E-state index contributed by atoms with van der Waals surface area (Å²) in [5.41, 5.74) is 5.45. The molecule has 0 unspecified atom stereocenters. The van der Waals surface area contributed by atoms with Crippen LogP contribution in [0.5, 0.6) is 5.75 Å². The van der Waals surface area contributed by atoms with Crippen LogP contribution in [0.1, 0.15) is 17.5 Å². The second-order valence-electron chi connectivity index (χ2n) is 5.46. The van der Waals surface area contributed by atoms with Crippen molar-refractivity contribution < 1.29 is 4.74 Å². The number of rotatable bonds is 5. The molecule has 114 valence electrons.